The average Bonchev–Trinajstić information content (AvgIpc) is 2.15. The third-order valence-corrected chi connectivity index (χ3v) is 3.51. The summed E-state index contributed by atoms with van der Waals surface area (Å²) in [6.45, 7) is 2.31. The summed E-state index contributed by atoms with van der Waals surface area (Å²) in [4.78, 5) is 0. The van der Waals surface area contributed by atoms with Crippen LogP contribution >= 0.6 is 11.6 Å². The van der Waals surface area contributed by atoms with E-state index in [2.05, 4.69) is 6.92 Å². The molecule has 1 saturated carbocycles. The second kappa shape index (κ2) is 5.87. The molecule has 1 unspecified atom stereocenters. The summed E-state index contributed by atoms with van der Waals surface area (Å²) >= 11 is 5.60. The van der Waals surface area contributed by atoms with Gasteiger partial charge < -0.3 is 5.11 Å². The van der Waals surface area contributed by atoms with Crippen LogP contribution in [0.1, 0.15) is 45.4 Å². The minimum atomic E-state index is -0.0914. The standard InChI is InChI=1S/C11H21ClO/c1-9-4-6-10(7-5-9)11(13)3-2-8-12/h9-11,13H,2-8H2,1H3. The first-order valence-electron chi connectivity index (χ1n) is 5.48. The molecule has 0 amide bonds. The van der Waals surface area contributed by atoms with Crippen LogP contribution in [-0.2, 0) is 0 Å². The Kier molecular flexibility index (Phi) is 5.12. The molecule has 0 bridgehead atoms. The van der Waals surface area contributed by atoms with Crippen molar-refractivity contribution in [1.29, 1.82) is 0 Å². The fourth-order valence-electron chi connectivity index (χ4n) is 2.19. The molecule has 1 aliphatic rings. The Hall–Kier alpha value is 0.250. The molecule has 0 radical (unpaired) electrons. The van der Waals surface area contributed by atoms with Gasteiger partial charge in [-0.15, -0.1) is 11.6 Å². The molecule has 13 heavy (non-hydrogen) atoms. The number of alkyl halides is 1. The summed E-state index contributed by atoms with van der Waals surface area (Å²) in [5.41, 5.74) is 0. The summed E-state index contributed by atoms with van der Waals surface area (Å²) in [5, 5.41) is 9.83. The summed E-state index contributed by atoms with van der Waals surface area (Å²) in [6.07, 6.45) is 6.77. The summed E-state index contributed by atoms with van der Waals surface area (Å²) in [5.74, 6) is 2.11. The highest BCUT2D eigenvalue weighted by atomic mass is 35.5. The van der Waals surface area contributed by atoms with Gasteiger partial charge in [-0.2, -0.15) is 0 Å². The van der Waals surface area contributed by atoms with Crippen molar-refractivity contribution >= 4 is 11.6 Å². The number of rotatable bonds is 4. The van der Waals surface area contributed by atoms with Gasteiger partial charge in [-0.25, -0.2) is 0 Å². The topological polar surface area (TPSA) is 20.2 Å². The normalized spacial score (nSPS) is 31.6. The van der Waals surface area contributed by atoms with Crippen LogP contribution in [0.2, 0.25) is 0 Å². The Labute approximate surface area is 86.5 Å². The molecule has 1 nitrogen and oxygen atoms in total. The highest BCUT2D eigenvalue weighted by Crippen LogP contribution is 2.31. The molecule has 2 heteroatoms. The van der Waals surface area contributed by atoms with Crippen LogP contribution in [0, 0.1) is 11.8 Å². The zero-order valence-electron chi connectivity index (χ0n) is 8.51. The van der Waals surface area contributed by atoms with Gasteiger partial charge in [-0.1, -0.05) is 19.8 Å². The van der Waals surface area contributed by atoms with E-state index < -0.39 is 0 Å². The van der Waals surface area contributed by atoms with Gasteiger partial charge in [0.15, 0.2) is 0 Å². The van der Waals surface area contributed by atoms with Crippen LogP contribution < -0.4 is 0 Å². The van der Waals surface area contributed by atoms with Crippen molar-refractivity contribution in [1.82, 2.24) is 0 Å². The Morgan fingerprint density at radius 2 is 1.92 bits per heavy atom. The van der Waals surface area contributed by atoms with Crippen LogP contribution in [0.3, 0.4) is 0 Å². The Balaban J connectivity index is 2.19. The molecule has 1 rings (SSSR count). The Morgan fingerprint density at radius 3 is 2.46 bits per heavy atom. The molecule has 1 atom stereocenters. The lowest BCUT2D eigenvalue weighted by Crippen LogP contribution is -2.25. The van der Waals surface area contributed by atoms with Crippen LogP contribution in [0.15, 0.2) is 0 Å². The van der Waals surface area contributed by atoms with Gasteiger partial charge >= 0.3 is 0 Å². The minimum absolute atomic E-state index is 0.0914. The van der Waals surface area contributed by atoms with Gasteiger partial charge in [0.05, 0.1) is 6.10 Å². The van der Waals surface area contributed by atoms with Crippen LogP contribution in [0.5, 0.6) is 0 Å². The maximum absolute atomic E-state index is 9.83. The van der Waals surface area contributed by atoms with Crippen molar-refractivity contribution in [3.05, 3.63) is 0 Å². The predicted molar refractivity (Wildman–Crippen MR) is 57.1 cm³/mol. The first kappa shape index (κ1) is 11.3. The fourth-order valence-corrected chi connectivity index (χ4v) is 2.35. The number of hydrogen-bond acceptors (Lipinski definition) is 1. The van der Waals surface area contributed by atoms with E-state index in [4.69, 9.17) is 11.6 Å². The number of aliphatic hydroxyl groups excluding tert-OH is 1. The lowest BCUT2D eigenvalue weighted by Gasteiger charge is -2.29. The van der Waals surface area contributed by atoms with Gasteiger partial charge in [-0.05, 0) is 37.5 Å². The number of hydrogen-bond donors (Lipinski definition) is 1. The third kappa shape index (κ3) is 3.86. The average molecular weight is 205 g/mol. The molecule has 0 spiro atoms. The van der Waals surface area contributed by atoms with E-state index in [9.17, 15) is 5.11 Å². The predicted octanol–water partition coefficient (Wildman–Crippen LogP) is 3.19. The second-order valence-electron chi connectivity index (χ2n) is 4.42. The van der Waals surface area contributed by atoms with Crippen LogP contribution in [0.4, 0.5) is 0 Å². The van der Waals surface area contributed by atoms with E-state index in [-0.39, 0.29) is 6.10 Å². The van der Waals surface area contributed by atoms with Gasteiger partial charge in [-0.3, -0.25) is 0 Å². The molecule has 0 heterocycles. The minimum Gasteiger partial charge on any atom is -0.393 e. The largest absolute Gasteiger partial charge is 0.393 e. The van der Waals surface area contributed by atoms with E-state index in [0.717, 1.165) is 18.8 Å². The summed E-state index contributed by atoms with van der Waals surface area (Å²) < 4.78 is 0. The van der Waals surface area contributed by atoms with E-state index >= 15 is 0 Å². The first-order chi connectivity index (χ1) is 6.24. The fraction of sp³-hybridized carbons (Fsp3) is 1.00. The van der Waals surface area contributed by atoms with Gasteiger partial charge in [0.1, 0.15) is 0 Å². The van der Waals surface area contributed by atoms with E-state index in [1.54, 1.807) is 0 Å². The van der Waals surface area contributed by atoms with Crippen molar-refractivity contribution in [2.24, 2.45) is 11.8 Å². The van der Waals surface area contributed by atoms with Gasteiger partial charge in [0.25, 0.3) is 0 Å². The first-order valence-corrected chi connectivity index (χ1v) is 6.01. The maximum atomic E-state index is 9.83. The summed E-state index contributed by atoms with van der Waals surface area (Å²) in [6, 6.07) is 0. The molecular weight excluding hydrogens is 184 g/mol. The monoisotopic (exact) mass is 204 g/mol. The van der Waals surface area contributed by atoms with Crippen molar-refractivity contribution in [2.75, 3.05) is 5.88 Å². The molecule has 0 aromatic carbocycles. The number of halogens is 1. The second-order valence-corrected chi connectivity index (χ2v) is 4.80. The Bertz CT molecular complexity index is 130. The van der Waals surface area contributed by atoms with E-state index in [1.807, 2.05) is 0 Å². The smallest absolute Gasteiger partial charge is 0.0568 e. The molecule has 0 aliphatic heterocycles. The molecule has 0 saturated heterocycles. The van der Waals surface area contributed by atoms with Crippen molar-refractivity contribution < 1.29 is 5.11 Å². The summed E-state index contributed by atoms with van der Waals surface area (Å²) in [7, 11) is 0. The van der Waals surface area contributed by atoms with Crippen LogP contribution in [0.25, 0.3) is 0 Å². The lowest BCUT2D eigenvalue weighted by atomic mass is 9.79. The van der Waals surface area contributed by atoms with Crippen LogP contribution in [-0.4, -0.2) is 17.1 Å². The third-order valence-electron chi connectivity index (χ3n) is 3.24. The highest BCUT2D eigenvalue weighted by molar-refractivity contribution is 6.17. The highest BCUT2D eigenvalue weighted by Gasteiger charge is 2.23. The Morgan fingerprint density at radius 1 is 1.31 bits per heavy atom. The zero-order valence-corrected chi connectivity index (χ0v) is 9.26. The molecule has 1 aliphatic carbocycles. The van der Waals surface area contributed by atoms with Crippen molar-refractivity contribution in [3.63, 3.8) is 0 Å². The molecular formula is C11H21ClO. The molecule has 1 N–H and O–H groups in total. The molecule has 0 aromatic rings. The lowest BCUT2D eigenvalue weighted by molar-refractivity contribution is 0.0684. The maximum Gasteiger partial charge on any atom is 0.0568 e. The molecule has 1 fully saturated rings. The van der Waals surface area contributed by atoms with Gasteiger partial charge in [0.2, 0.25) is 0 Å². The number of aliphatic hydroxyl groups is 1. The van der Waals surface area contributed by atoms with Gasteiger partial charge in [0, 0.05) is 5.88 Å². The molecule has 78 valence electrons. The SMILES string of the molecule is CC1CCC(C(O)CCCCl)CC1. The van der Waals surface area contributed by atoms with E-state index in [1.165, 1.54) is 25.7 Å². The molecule has 0 aromatic heterocycles. The van der Waals surface area contributed by atoms with Crippen molar-refractivity contribution in [3.8, 4) is 0 Å². The quantitative estimate of drug-likeness (QED) is 0.698. The zero-order chi connectivity index (χ0) is 9.68. The van der Waals surface area contributed by atoms with Crippen molar-refractivity contribution in [2.45, 2.75) is 51.6 Å². The van der Waals surface area contributed by atoms with E-state index in [0.29, 0.717) is 11.8 Å².